The van der Waals surface area contributed by atoms with Gasteiger partial charge in [-0.1, -0.05) is 34.7 Å². The first-order valence-corrected chi connectivity index (χ1v) is 13.6. The average Bonchev–Trinajstić information content (AvgIpc) is 2.76. The molecule has 0 saturated heterocycles. The van der Waals surface area contributed by atoms with E-state index in [4.69, 9.17) is 0 Å². The van der Waals surface area contributed by atoms with Crippen LogP contribution in [-0.4, -0.2) is 41.0 Å². The highest BCUT2D eigenvalue weighted by Gasteiger charge is 2.23. The lowest BCUT2D eigenvalue weighted by atomic mass is 10.0. The number of hydrogen-bond donors (Lipinski definition) is 4. The summed E-state index contributed by atoms with van der Waals surface area (Å²) in [6.07, 6.45) is 1.62. The summed E-state index contributed by atoms with van der Waals surface area (Å²) in [7, 11) is -4.63. The van der Waals surface area contributed by atoms with Crippen molar-refractivity contribution in [2.45, 2.75) is 42.2 Å². The maximum Gasteiger partial charge on any atom is 0.249 e. The minimum absolute atomic E-state index is 0.195. The van der Waals surface area contributed by atoms with Gasteiger partial charge in [-0.25, -0.2) is 13.4 Å². The number of aliphatic hydroxyl groups is 1. The normalized spacial score (nSPS) is 13.8. The first-order valence-electron chi connectivity index (χ1n) is 9.96. The zero-order valence-corrected chi connectivity index (χ0v) is 21.6. The zero-order valence-electron chi connectivity index (χ0n) is 18.4. The molecule has 0 bridgehead atoms. The fraction of sp³-hybridized carbons (Fsp3) is 0.227. The summed E-state index contributed by atoms with van der Waals surface area (Å²) >= 11 is 3.42. The Balaban J connectivity index is 1.70. The number of nitrogens with zero attached hydrogens (tertiary/aromatic N) is 2. The molecule has 3 rings (SSSR count). The molecule has 1 heterocycles. The van der Waals surface area contributed by atoms with Crippen LogP contribution in [0.2, 0.25) is 0 Å². The zero-order chi connectivity index (χ0) is 24.2. The SMILES string of the molecule is C=S(NS(=O)(=O)c1ccccc1)c1ccc(Nc2ncc(Br)c(N[C@H](C)C(C)(C)O)n2)cc1. The lowest BCUT2D eigenvalue weighted by molar-refractivity contribution is 0.0647. The van der Waals surface area contributed by atoms with Crippen molar-refractivity contribution in [3.05, 3.63) is 65.3 Å². The standard InChI is InChI=1S/C22H26BrN5O3S2/c1-15(22(2,3)29)25-20-19(23)14-24-21(27-20)26-16-10-12-17(13-11-16)32(4)28-33(30,31)18-8-6-5-7-9-18/h5-15,28-29H,4H2,1-3H3,(H2,24,25,26,27)/t15-,32?/m1/s1. The summed E-state index contributed by atoms with van der Waals surface area (Å²) in [5, 5.41) is 16.5. The van der Waals surface area contributed by atoms with Gasteiger partial charge in [0, 0.05) is 16.8 Å². The Kier molecular flexibility index (Phi) is 7.91. The van der Waals surface area contributed by atoms with Gasteiger partial charge in [-0.15, -0.1) is 0 Å². The molecule has 0 aliphatic heterocycles. The Labute approximate surface area is 205 Å². The van der Waals surface area contributed by atoms with Crippen LogP contribution >= 0.6 is 26.6 Å². The van der Waals surface area contributed by atoms with Crippen LogP contribution in [0.25, 0.3) is 0 Å². The van der Waals surface area contributed by atoms with E-state index in [1.165, 1.54) is 12.1 Å². The van der Waals surface area contributed by atoms with E-state index >= 15 is 0 Å². The lowest BCUT2D eigenvalue weighted by Crippen LogP contribution is -2.39. The van der Waals surface area contributed by atoms with Crippen LogP contribution < -0.4 is 14.8 Å². The molecule has 4 N–H and O–H groups in total. The quantitative estimate of drug-likeness (QED) is 0.289. The van der Waals surface area contributed by atoms with Crippen molar-refractivity contribution in [2.24, 2.45) is 0 Å². The van der Waals surface area contributed by atoms with Crippen molar-refractivity contribution in [1.29, 1.82) is 0 Å². The molecule has 2 atom stereocenters. The van der Waals surface area contributed by atoms with E-state index in [2.05, 4.69) is 46.5 Å². The van der Waals surface area contributed by atoms with Crippen LogP contribution in [0.3, 0.4) is 0 Å². The molecule has 176 valence electrons. The van der Waals surface area contributed by atoms with Gasteiger partial charge in [0.25, 0.3) is 0 Å². The molecule has 2 aromatic carbocycles. The van der Waals surface area contributed by atoms with Gasteiger partial charge in [0.05, 0.1) is 21.0 Å². The molecule has 0 radical (unpaired) electrons. The summed E-state index contributed by atoms with van der Waals surface area (Å²) in [6.45, 7) is 5.30. The topological polar surface area (TPSA) is 116 Å². The van der Waals surface area contributed by atoms with Gasteiger partial charge < -0.3 is 15.7 Å². The number of anilines is 3. The third-order valence-corrected chi connectivity index (χ3v) is 8.81. The molecule has 0 aliphatic rings. The van der Waals surface area contributed by atoms with Crippen LogP contribution in [0.1, 0.15) is 20.8 Å². The predicted octanol–water partition coefficient (Wildman–Crippen LogP) is 4.51. The molecule has 8 nitrogen and oxygen atoms in total. The summed E-state index contributed by atoms with van der Waals surface area (Å²) < 4.78 is 28.3. The number of rotatable bonds is 9. The highest BCUT2D eigenvalue weighted by atomic mass is 79.9. The van der Waals surface area contributed by atoms with Crippen LogP contribution in [-0.2, 0) is 10.0 Å². The van der Waals surface area contributed by atoms with E-state index in [-0.39, 0.29) is 10.9 Å². The number of benzene rings is 2. The molecule has 33 heavy (non-hydrogen) atoms. The number of hydrogen-bond acceptors (Lipinski definition) is 7. The van der Waals surface area contributed by atoms with Gasteiger partial charge in [-0.05, 0) is 73.1 Å². The molecular formula is C22H26BrN5O3S2. The molecule has 0 spiro atoms. The lowest BCUT2D eigenvalue weighted by Gasteiger charge is -2.27. The average molecular weight is 553 g/mol. The van der Waals surface area contributed by atoms with E-state index in [9.17, 15) is 13.5 Å². The summed E-state index contributed by atoms with van der Waals surface area (Å²) in [5.74, 6) is 4.88. The smallest absolute Gasteiger partial charge is 0.249 e. The van der Waals surface area contributed by atoms with Crippen LogP contribution in [0.5, 0.6) is 0 Å². The first kappa shape index (κ1) is 25.3. The van der Waals surface area contributed by atoms with Crippen LogP contribution in [0.4, 0.5) is 17.5 Å². The van der Waals surface area contributed by atoms with Gasteiger partial charge in [-0.3, -0.25) is 0 Å². The van der Waals surface area contributed by atoms with Crippen molar-refractivity contribution in [3.8, 4) is 0 Å². The number of halogens is 1. The van der Waals surface area contributed by atoms with Crippen LogP contribution in [0.15, 0.2) is 75.1 Å². The number of nitrogens with one attached hydrogen (secondary N) is 3. The Bertz CT molecular complexity index is 1230. The van der Waals surface area contributed by atoms with E-state index < -0.39 is 26.3 Å². The Morgan fingerprint density at radius 1 is 1.12 bits per heavy atom. The monoisotopic (exact) mass is 551 g/mol. The largest absolute Gasteiger partial charge is 0.388 e. The molecule has 11 heteroatoms. The summed E-state index contributed by atoms with van der Waals surface area (Å²) in [4.78, 5) is 9.67. The van der Waals surface area contributed by atoms with Crippen molar-refractivity contribution in [1.82, 2.24) is 14.1 Å². The molecule has 0 aliphatic carbocycles. The summed E-state index contributed by atoms with van der Waals surface area (Å²) in [5.41, 5.74) is -0.202. The van der Waals surface area contributed by atoms with Crippen molar-refractivity contribution in [2.75, 3.05) is 10.6 Å². The van der Waals surface area contributed by atoms with E-state index in [1.54, 1.807) is 62.5 Å². The molecule has 0 amide bonds. The van der Waals surface area contributed by atoms with Gasteiger partial charge >= 0.3 is 0 Å². The summed E-state index contributed by atoms with van der Waals surface area (Å²) in [6, 6.07) is 15.1. The molecule has 1 aromatic heterocycles. The van der Waals surface area contributed by atoms with Crippen LogP contribution in [0, 0.1) is 0 Å². The fourth-order valence-corrected chi connectivity index (χ4v) is 5.68. The predicted molar refractivity (Wildman–Crippen MR) is 139 cm³/mol. The Morgan fingerprint density at radius 2 is 1.76 bits per heavy atom. The van der Waals surface area contributed by atoms with Gasteiger partial charge in [-0.2, -0.15) is 9.11 Å². The van der Waals surface area contributed by atoms with E-state index in [1.807, 2.05) is 6.92 Å². The third kappa shape index (κ3) is 6.84. The van der Waals surface area contributed by atoms with Crippen molar-refractivity contribution >= 4 is 59.9 Å². The molecule has 0 fully saturated rings. The molecule has 1 unspecified atom stereocenters. The first-order chi connectivity index (χ1) is 15.5. The molecule has 3 aromatic rings. The second kappa shape index (κ2) is 10.3. The van der Waals surface area contributed by atoms with E-state index in [0.717, 1.165) is 10.6 Å². The number of aromatic nitrogens is 2. The van der Waals surface area contributed by atoms with Gasteiger partial charge in [0.1, 0.15) is 5.82 Å². The van der Waals surface area contributed by atoms with Crippen molar-refractivity contribution in [3.63, 3.8) is 0 Å². The Morgan fingerprint density at radius 3 is 2.36 bits per heavy atom. The minimum Gasteiger partial charge on any atom is -0.388 e. The second-order valence-electron chi connectivity index (χ2n) is 7.85. The highest BCUT2D eigenvalue weighted by Crippen LogP contribution is 2.27. The molecular weight excluding hydrogens is 526 g/mol. The third-order valence-electron chi connectivity index (χ3n) is 4.82. The fourth-order valence-electron chi connectivity index (χ4n) is 2.57. The maximum absolute atomic E-state index is 12.5. The van der Waals surface area contributed by atoms with Gasteiger partial charge in [0.15, 0.2) is 0 Å². The molecule has 0 saturated carbocycles. The van der Waals surface area contributed by atoms with E-state index in [0.29, 0.717) is 16.2 Å². The second-order valence-corrected chi connectivity index (χ2v) is 12.1. The minimum atomic E-state index is -3.66. The maximum atomic E-state index is 12.5. The van der Waals surface area contributed by atoms with Crippen molar-refractivity contribution < 1.29 is 13.5 Å². The number of sulfonamides is 1. The van der Waals surface area contributed by atoms with Gasteiger partial charge in [0.2, 0.25) is 16.0 Å². The Hall–Kier alpha value is -2.31. The highest BCUT2D eigenvalue weighted by molar-refractivity contribution is 9.10.